The molecule has 1 aromatic rings. The molecule has 0 radical (unpaired) electrons. The molecule has 5 heteroatoms. The van der Waals surface area contributed by atoms with E-state index < -0.39 is 6.04 Å². The van der Waals surface area contributed by atoms with E-state index in [1.54, 1.807) is 0 Å². The van der Waals surface area contributed by atoms with Crippen LogP contribution in [-0.4, -0.2) is 38.7 Å². The molecule has 116 valence electrons. The normalized spacial score (nSPS) is 13.3. The van der Waals surface area contributed by atoms with E-state index in [0.717, 1.165) is 5.56 Å². The Labute approximate surface area is 125 Å². The molecule has 0 bridgehead atoms. The highest BCUT2D eigenvalue weighted by molar-refractivity contribution is 5.76. The van der Waals surface area contributed by atoms with Gasteiger partial charge in [0, 0.05) is 6.54 Å². The summed E-state index contributed by atoms with van der Waals surface area (Å²) in [5, 5.41) is 3.11. The maximum absolute atomic E-state index is 11.9. The van der Waals surface area contributed by atoms with E-state index in [2.05, 4.69) is 5.32 Å². The number of esters is 2. The van der Waals surface area contributed by atoms with Crippen molar-refractivity contribution in [2.45, 2.75) is 25.8 Å². The second-order valence-corrected chi connectivity index (χ2v) is 4.80. The SMILES string of the molecule is CC[C@@H](CN[C@@H](Cc1ccccc1)C(=O)OC)C(=O)OC. The summed E-state index contributed by atoms with van der Waals surface area (Å²) in [6, 6.07) is 9.20. The molecule has 0 spiro atoms. The summed E-state index contributed by atoms with van der Waals surface area (Å²) < 4.78 is 9.57. The molecule has 1 rings (SSSR count). The summed E-state index contributed by atoms with van der Waals surface area (Å²) in [6.45, 7) is 2.30. The molecule has 0 unspecified atom stereocenters. The Morgan fingerprint density at radius 3 is 2.24 bits per heavy atom. The molecule has 0 fully saturated rings. The minimum Gasteiger partial charge on any atom is -0.469 e. The van der Waals surface area contributed by atoms with Crippen LogP contribution >= 0.6 is 0 Å². The lowest BCUT2D eigenvalue weighted by atomic mass is 10.0. The second kappa shape index (κ2) is 9.13. The zero-order valence-corrected chi connectivity index (χ0v) is 12.8. The first kappa shape index (κ1) is 17.2. The number of carbonyl (C=O) groups is 2. The van der Waals surface area contributed by atoms with Crippen LogP contribution in [-0.2, 0) is 25.5 Å². The first-order valence-corrected chi connectivity index (χ1v) is 7.05. The van der Waals surface area contributed by atoms with Crippen molar-refractivity contribution in [3.63, 3.8) is 0 Å². The summed E-state index contributed by atoms with van der Waals surface area (Å²) >= 11 is 0. The van der Waals surface area contributed by atoms with Gasteiger partial charge in [0.15, 0.2) is 0 Å². The quantitative estimate of drug-likeness (QED) is 0.737. The van der Waals surface area contributed by atoms with Crippen molar-refractivity contribution < 1.29 is 19.1 Å². The summed E-state index contributed by atoms with van der Waals surface area (Å²) in [5.41, 5.74) is 1.03. The Morgan fingerprint density at radius 2 is 1.71 bits per heavy atom. The second-order valence-electron chi connectivity index (χ2n) is 4.80. The maximum Gasteiger partial charge on any atom is 0.323 e. The number of carbonyl (C=O) groups excluding carboxylic acids is 2. The zero-order chi connectivity index (χ0) is 15.7. The van der Waals surface area contributed by atoms with Crippen LogP contribution in [0, 0.1) is 5.92 Å². The van der Waals surface area contributed by atoms with Gasteiger partial charge in [0.2, 0.25) is 0 Å². The van der Waals surface area contributed by atoms with Crippen molar-refractivity contribution in [3.8, 4) is 0 Å². The van der Waals surface area contributed by atoms with E-state index in [1.165, 1.54) is 14.2 Å². The van der Waals surface area contributed by atoms with E-state index in [9.17, 15) is 9.59 Å². The van der Waals surface area contributed by atoms with Crippen LogP contribution in [0.3, 0.4) is 0 Å². The molecule has 0 aliphatic heterocycles. The van der Waals surface area contributed by atoms with Crippen LogP contribution in [0.5, 0.6) is 0 Å². The number of nitrogens with one attached hydrogen (secondary N) is 1. The zero-order valence-electron chi connectivity index (χ0n) is 12.8. The van der Waals surface area contributed by atoms with Crippen LogP contribution in [0.2, 0.25) is 0 Å². The van der Waals surface area contributed by atoms with Crippen LogP contribution in [0.25, 0.3) is 0 Å². The summed E-state index contributed by atoms with van der Waals surface area (Å²) in [6.07, 6.45) is 1.17. The molecule has 0 heterocycles. The third-order valence-electron chi connectivity index (χ3n) is 3.41. The standard InChI is InChI=1S/C16H23NO4/c1-4-13(15(18)20-2)11-17-14(16(19)21-3)10-12-8-6-5-7-9-12/h5-9,13-14,17H,4,10-11H2,1-3H3/t13-,14-/m0/s1. The van der Waals surface area contributed by atoms with Gasteiger partial charge in [-0.3, -0.25) is 9.59 Å². The minimum atomic E-state index is -0.476. The van der Waals surface area contributed by atoms with E-state index in [0.29, 0.717) is 19.4 Å². The highest BCUT2D eigenvalue weighted by Crippen LogP contribution is 2.07. The van der Waals surface area contributed by atoms with Crippen molar-refractivity contribution in [2.75, 3.05) is 20.8 Å². The molecule has 0 saturated carbocycles. The topological polar surface area (TPSA) is 64.6 Å². The molecule has 2 atom stereocenters. The molecule has 1 aromatic carbocycles. The number of ether oxygens (including phenoxy) is 2. The van der Waals surface area contributed by atoms with Gasteiger partial charge in [0.25, 0.3) is 0 Å². The third kappa shape index (κ3) is 5.55. The highest BCUT2D eigenvalue weighted by Gasteiger charge is 2.23. The van der Waals surface area contributed by atoms with Crippen LogP contribution in [0.15, 0.2) is 30.3 Å². The van der Waals surface area contributed by atoms with Crippen LogP contribution < -0.4 is 5.32 Å². The number of benzene rings is 1. The van der Waals surface area contributed by atoms with Crippen molar-refractivity contribution in [2.24, 2.45) is 5.92 Å². The van der Waals surface area contributed by atoms with Crippen molar-refractivity contribution >= 4 is 11.9 Å². The predicted octanol–water partition coefficient (Wildman–Crippen LogP) is 1.56. The van der Waals surface area contributed by atoms with Crippen molar-refractivity contribution in [3.05, 3.63) is 35.9 Å². The van der Waals surface area contributed by atoms with Gasteiger partial charge in [-0.1, -0.05) is 37.3 Å². The smallest absolute Gasteiger partial charge is 0.323 e. The number of rotatable bonds is 8. The van der Waals surface area contributed by atoms with Gasteiger partial charge in [0.05, 0.1) is 20.1 Å². The molecular formula is C16H23NO4. The largest absolute Gasteiger partial charge is 0.469 e. The van der Waals surface area contributed by atoms with E-state index in [1.807, 2.05) is 37.3 Å². The van der Waals surface area contributed by atoms with E-state index in [-0.39, 0.29) is 17.9 Å². The van der Waals surface area contributed by atoms with Gasteiger partial charge in [-0.15, -0.1) is 0 Å². The Morgan fingerprint density at radius 1 is 1.10 bits per heavy atom. The first-order valence-electron chi connectivity index (χ1n) is 7.05. The van der Waals surface area contributed by atoms with Gasteiger partial charge in [-0.05, 0) is 18.4 Å². The highest BCUT2D eigenvalue weighted by atomic mass is 16.5. The maximum atomic E-state index is 11.9. The number of methoxy groups -OCH3 is 2. The van der Waals surface area contributed by atoms with Crippen molar-refractivity contribution in [1.29, 1.82) is 0 Å². The average molecular weight is 293 g/mol. The summed E-state index contributed by atoms with van der Waals surface area (Å²) in [5.74, 6) is -0.871. The Bertz CT molecular complexity index is 447. The monoisotopic (exact) mass is 293 g/mol. The summed E-state index contributed by atoms with van der Waals surface area (Å²) in [7, 11) is 2.73. The van der Waals surface area contributed by atoms with Crippen LogP contribution in [0.1, 0.15) is 18.9 Å². The summed E-state index contributed by atoms with van der Waals surface area (Å²) in [4.78, 5) is 23.4. The van der Waals surface area contributed by atoms with E-state index in [4.69, 9.17) is 9.47 Å². The van der Waals surface area contributed by atoms with Gasteiger partial charge >= 0.3 is 11.9 Å². The van der Waals surface area contributed by atoms with Crippen molar-refractivity contribution in [1.82, 2.24) is 5.32 Å². The molecule has 0 aliphatic carbocycles. The fraction of sp³-hybridized carbons (Fsp3) is 0.500. The van der Waals surface area contributed by atoms with E-state index >= 15 is 0 Å². The van der Waals surface area contributed by atoms with Gasteiger partial charge in [-0.2, -0.15) is 0 Å². The number of hydrogen-bond donors (Lipinski definition) is 1. The Kier molecular flexibility index (Phi) is 7.46. The molecule has 0 aromatic heterocycles. The lowest BCUT2D eigenvalue weighted by molar-refractivity contribution is -0.147. The fourth-order valence-electron chi connectivity index (χ4n) is 2.08. The third-order valence-corrected chi connectivity index (χ3v) is 3.41. The molecule has 1 N–H and O–H groups in total. The molecule has 0 saturated heterocycles. The molecule has 0 aliphatic rings. The first-order chi connectivity index (χ1) is 10.1. The molecule has 5 nitrogen and oxygen atoms in total. The minimum absolute atomic E-state index is 0.266. The molecular weight excluding hydrogens is 270 g/mol. The number of hydrogen-bond acceptors (Lipinski definition) is 5. The molecule has 21 heavy (non-hydrogen) atoms. The van der Waals surface area contributed by atoms with Gasteiger partial charge in [-0.25, -0.2) is 0 Å². The fourth-order valence-corrected chi connectivity index (χ4v) is 2.08. The average Bonchev–Trinajstić information content (AvgIpc) is 2.54. The van der Waals surface area contributed by atoms with Gasteiger partial charge < -0.3 is 14.8 Å². The Hall–Kier alpha value is -1.88. The predicted molar refractivity (Wildman–Crippen MR) is 79.7 cm³/mol. The lowest BCUT2D eigenvalue weighted by Gasteiger charge is -2.19. The lowest BCUT2D eigenvalue weighted by Crippen LogP contribution is -2.43. The molecule has 0 amide bonds. The van der Waals surface area contributed by atoms with Gasteiger partial charge in [0.1, 0.15) is 6.04 Å². The Balaban J connectivity index is 2.66. The van der Waals surface area contributed by atoms with Crippen LogP contribution in [0.4, 0.5) is 0 Å².